The zero-order chi connectivity index (χ0) is 20.9. The molecule has 1 aromatic heterocycles. The SMILES string of the molecule is CCOC(=O)N1CCC(O)(c2cnn(-c3ccccc3)c2CC(OC)OC)CC1. The van der Waals surface area contributed by atoms with Crippen LogP contribution in [-0.4, -0.2) is 66.1 Å². The summed E-state index contributed by atoms with van der Waals surface area (Å²) in [7, 11) is 3.17. The van der Waals surface area contributed by atoms with Gasteiger partial charge in [-0.25, -0.2) is 9.48 Å². The van der Waals surface area contributed by atoms with Crippen molar-refractivity contribution in [3.05, 3.63) is 47.8 Å². The number of carbonyl (C=O) groups excluding carboxylic acids is 1. The zero-order valence-corrected chi connectivity index (χ0v) is 17.2. The van der Waals surface area contributed by atoms with Crippen molar-refractivity contribution in [3.8, 4) is 5.69 Å². The summed E-state index contributed by atoms with van der Waals surface area (Å²) in [6.45, 7) is 2.96. The van der Waals surface area contributed by atoms with Crippen LogP contribution < -0.4 is 0 Å². The number of benzene rings is 1. The number of para-hydroxylation sites is 1. The standard InChI is InChI=1S/C21H29N3O5/c1-4-29-20(25)23-12-10-21(26,11-13-23)17-15-22-24(16-8-6-5-7-9-16)18(17)14-19(27-2)28-3/h5-9,15,19,26H,4,10-14H2,1-3H3. The first kappa shape index (κ1) is 21.3. The molecule has 8 heteroatoms. The summed E-state index contributed by atoms with van der Waals surface area (Å²) in [4.78, 5) is 13.6. The molecule has 1 saturated heterocycles. The van der Waals surface area contributed by atoms with Crippen LogP contribution in [-0.2, 0) is 26.2 Å². The van der Waals surface area contributed by atoms with Crippen LogP contribution in [0.2, 0.25) is 0 Å². The minimum absolute atomic E-state index is 0.336. The number of ether oxygens (including phenoxy) is 3. The number of likely N-dealkylation sites (tertiary alicyclic amines) is 1. The number of carbonyl (C=O) groups is 1. The Labute approximate surface area is 171 Å². The van der Waals surface area contributed by atoms with E-state index in [4.69, 9.17) is 14.2 Å². The fourth-order valence-electron chi connectivity index (χ4n) is 3.71. The molecular weight excluding hydrogens is 374 g/mol. The predicted octanol–water partition coefficient (Wildman–Crippen LogP) is 2.47. The molecule has 1 aliphatic rings. The molecule has 0 saturated carbocycles. The van der Waals surface area contributed by atoms with Gasteiger partial charge in [-0.3, -0.25) is 0 Å². The van der Waals surface area contributed by atoms with Crippen LogP contribution in [0.15, 0.2) is 36.5 Å². The van der Waals surface area contributed by atoms with E-state index in [0.717, 1.165) is 16.9 Å². The van der Waals surface area contributed by atoms with Crippen LogP contribution >= 0.6 is 0 Å². The topological polar surface area (TPSA) is 86.1 Å². The van der Waals surface area contributed by atoms with E-state index in [-0.39, 0.29) is 6.09 Å². The van der Waals surface area contributed by atoms with Gasteiger partial charge in [-0.1, -0.05) is 18.2 Å². The first-order valence-electron chi connectivity index (χ1n) is 9.85. The Morgan fingerprint density at radius 3 is 2.45 bits per heavy atom. The van der Waals surface area contributed by atoms with Gasteiger partial charge in [0.15, 0.2) is 6.29 Å². The Kier molecular flexibility index (Phi) is 6.89. The van der Waals surface area contributed by atoms with Crippen LogP contribution in [0.1, 0.15) is 31.0 Å². The molecule has 158 valence electrons. The molecule has 0 atom stereocenters. The maximum atomic E-state index is 12.0. The molecule has 1 amide bonds. The third kappa shape index (κ3) is 4.60. The molecule has 0 aliphatic carbocycles. The second-order valence-electron chi connectivity index (χ2n) is 7.07. The van der Waals surface area contributed by atoms with Crippen LogP contribution in [0.4, 0.5) is 4.79 Å². The molecule has 1 fully saturated rings. The molecule has 29 heavy (non-hydrogen) atoms. The number of hydrogen-bond donors (Lipinski definition) is 1. The lowest BCUT2D eigenvalue weighted by Gasteiger charge is -2.38. The van der Waals surface area contributed by atoms with E-state index >= 15 is 0 Å². The number of methoxy groups -OCH3 is 2. The van der Waals surface area contributed by atoms with E-state index in [1.54, 1.807) is 32.2 Å². The number of amides is 1. The second-order valence-corrected chi connectivity index (χ2v) is 7.07. The average Bonchev–Trinajstić information content (AvgIpc) is 3.17. The van der Waals surface area contributed by atoms with Gasteiger partial charge in [0.25, 0.3) is 0 Å². The predicted molar refractivity (Wildman–Crippen MR) is 107 cm³/mol. The summed E-state index contributed by atoms with van der Waals surface area (Å²) in [5.74, 6) is 0. The van der Waals surface area contributed by atoms with Crippen LogP contribution in [0, 0.1) is 0 Å². The molecule has 0 bridgehead atoms. The minimum atomic E-state index is -1.09. The molecule has 8 nitrogen and oxygen atoms in total. The summed E-state index contributed by atoms with van der Waals surface area (Å²) < 4.78 is 17.7. The smallest absolute Gasteiger partial charge is 0.409 e. The normalized spacial score (nSPS) is 16.2. The van der Waals surface area contributed by atoms with Gasteiger partial charge in [0.05, 0.1) is 29.8 Å². The summed E-state index contributed by atoms with van der Waals surface area (Å²) >= 11 is 0. The lowest BCUT2D eigenvalue weighted by molar-refractivity contribution is -0.102. The largest absolute Gasteiger partial charge is 0.450 e. The van der Waals surface area contributed by atoms with E-state index in [1.165, 1.54) is 0 Å². The Morgan fingerprint density at radius 2 is 1.86 bits per heavy atom. The molecular formula is C21H29N3O5. The van der Waals surface area contributed by atoms with Crippen molar-refractivity contribution in [2.45, 2.75) is 38.1 Å². The minimum Gasteiger partial charge on any atom is -0.450 e. The van der Waals surface area contributed by atoms with Gasteiger partial charge in [0.2, 0.25) is 0 Å². The second kappa shape index (κ2) is 9.39. The van der Waals surface area contributed by atoms with E-state index in [1.807, 2.05) is 35.0 Å². The lowest BCUT2D eigenvalue weighted by Crippen LogP contribution is -2.45. The van der Waals surface area contributed by atoms with Crippen molar-refractivity contribution in [2.75, 3.05) is 33.9 Å². The van der Waals surface area contributed by atoms with Crippen molar-refractivity contribution < 1.29 is 24.1 Å². The number of aliphatic hydroxyl groups is 1. The van der Waals surface area contributed by atoms with Crippen LogP contribution in [0.3, 0.4) is 0 Å². The van der Waals surface area contributed by atoms with Gasteiger partial charge in [-0.2, -0.15) is 5.10 Å². The molecule has 1 N–H and O–H groups in total. The number of aromatic nitrogens is 2. The highest BCUT2D eigenvalue weighted by Gasteiger charge is 2.39. The third-order valence-corrected chi connectivity index (χ3v) is 5.37. The summed E-state index contributed by atoms with van der Waals surface area (Å²) in [6.07, 6.45) is 2.16. The van der Waals surface area contributed by atoms with Crippen molar-refractivity contribution in [3.63, 3.8) is 0 Å². The van der Waals surface area contributed by atoms with Crippen LogP contribution in [0.25, 0.3) is 5.69 Å². The van der Waals surface area contributed by atoms with Crippen molar-refractivity contribution in [1.82, 2.24) is 14.7 Å². The van der Waals surface area contributed by atoms with Crippen molar-refractivity contribution in [2.24, 2.45) is 0 Å². The molecule has 3 rings (SSSR count). The Balaban J connectivity index is 1.90. The van der Waals surface area contributed by atoms with Gasteiger partial charge in [0.1, 0.15) is 0 Å². The summed E-state index contributed by atoms with van der Waals surface area (Å²) in [6, 6.07) is 9.75. The van der Waals surface area contributed by atoms with Crippen molar-refractivity contribution >= 4 is 6.09 Å². The molecule has 1 aliphatic heterocycles. The van der Waals surface area contributed by atoms with Gasteiger partial charge in [-0.05, 0) is 31.9 Å². The molecule has 2 heterocycles. The van der Waals surface area contributed by atoms with Gasteiger partial charge in [0, 0.05) is 39.3 Å². The highest BCUT2D eigenvalue weighted by Crippen LogP contribution is 2.36. The van der Waals surface area contributed by atoms with E-state index < -0.39 is 11.9 Å². The highest BCUT2D eigenvalue weighted by atomic mass is 16.7. The van der Waals surface area contributed by atoms with E-state index in [0.29, 0.717) is 39.0 Å². The van der Waals surface area contributed by atoms with Gasteiger partial charge >= 0.3 is 6.09 Å². The quantitative estimate of drug-likeness (QED) is 0.715. The maximum absolute atomic E-state index is 12.0. The van der Waals surface area contributed by atoms with E-state index in [9.17, 15) is 9.90 Å². The van der Waals surface area contributed by atoms with Crippen LogP contribution in [0.5, 0.6) is 0 Å². The zero-order valence-electron chi connectivity index (χ0n) is 17.2. The average molecular weight is 403 g/mol. The number of rotatable bonds is 7. The maximum Gasteiger partial charge on any atom is 0.409 e. The molecule has 2 aromatic rings. The Morgan fingerprint density at radius 1 is 1.21 bits per heavy atom. The lowest BCUT2D eigenvalue weighted by atomic mass is 9.84. The first-order chi connectivity index (χ1) is 14.0. The summed E-state index contributed by atoms with van der Waals surface area (Å²) in [5, 5.41) is 16.0. The summed E-state index contributed by atoms with van der Waals surface area (Å²) in [5.41, 5.74) is 1.38. The van der Waals surface area contributed by atoms with Gasteiger partial charge < -0.3 is 24.2 Å². The molecule has 0 radical (unpaired) electrons. The van der Waals surface area contributed by atoms with E-state index in [2.05, 4.69) is 5.10 Å². The fraction of sp³-hybridized carbons (Fsp3) is 0.524. The number of piperidine rings is 1. The molecule has 0 unspecified atom stereocenters. The highest BCUT2D eigenvalue weighted by molar-refractivity contribution is 5.67. The van der Waals surface area contributed by atoms with Gasteiger partial charge in [-0.15, -0.1) is 0 Å². The molecule has 1 aromatic carbocycles. The number of hydrogen-bond acceptors (Lipinski definition) is 6. The Hall–Kier alpha value is -2.42. The monoisotopic (exact) mass is 403 g/mol. The fourth-order valence-corrected chi connectivity index (χ4v) is 3.71. The first-order valence-corrected chi connectivity index (χ1v) is 9.85. The Bertz CT molecular complexity index is 796. The van der Waals surface area contributed by atoms with Crippen molar-refractivity contribution in [1.29, 1.82) is 0 Å². The molecule has 0 spiro atoms. The third-order valence-electron chi connectivity index (χ3n) is 5.37. The number of nitrogens with zero attached hydrogens (tertiary/aromatic N) is 3.